The molecule has 1 aromatic carbocycles. The number of carbonyl (C=O) groups excluding carboxylic acids is 1. The fourth-order valence-electron chi connectivity index (χ4n) is 2.46. The Labute approximate surface area is 124 Å². The van der Waals surface area contributed by atoms with Crippen molar-refractivity contribution < 1.29 is 17.9 Å². The molecule has 1 aliphatic rings. The molecular formula is C14H20N2O4S. The molecule has 7 heteroatoms. The summed E-state index contributed by atoms with van der Waals surface area (Å²) in [5.41, 5.74) is 6.82. The molecule has 1 aromatic rings. The summed E-state index contributed by atoms with van der Waals surface area (Å²) in [7, 11) is -3.52. The van der Waals surface area contributed by atoms with Gasteiger partial charge in [0, 0.05) is 18.8 Å². The van der Waals surface area contributed by atoms with E-state index in [0.717, 1.165) is 5.69 Å². The van der Waals surface area contributed by atoms with Crippen molar-refractivity contribution in [3.8, 4) is 0 Å². The molecule has 0 aromatic heterocycles. The Bertz CT molecular complexity index is 649. The number of hydrogen-bond acceptors (Lipinski definition) is 5. The minimum atomic E-state index is -3.52. The van der Waals surface area contributed by atoms with Crippen LogP contribution in [0.2, 0.25) is 0 Å². The summed E-state index contributed by atoms with van der Waals surface area (Å²) in [6.07, 6.45) is 0. The van der Waals surface area contributed by atoms with E-state index < -0.39 is 15.7 Å². The maximum absolute atomic E-state index is 12.3. The van der Waals surface area contributed by atoms with Crippen LogP contribution in [-0.2, 0) is 14.6 Å². The predicted molar refractivity (Wildman–Crippen MR) is 80.5 cm³/mol. The summed E-state index contributed by atoms with van der Waals surface area (Å²) < 4.78 is 29.8. The lowest BCUT2D eigenvalue weighted by atomic mass is 10.1. The number of aryl methyl sites for hydroxylation is 1. The number of rotatable bonds is 4. The van der Waals surface area contributed by atoms with Crippen molar-refractivity contribution in [2.75, 3.05) is 37.0 Å². The summed E-state index contributed by atoms with van der Waals surface area (Å²) in [5.74, 6) is -0.785. The molecule has 2 rings (SSSR count). The largest absolute Gasteiger partial charge is 0.378 e. The van der Waals surface area contributed by atoms with Crippen molar-refractivity contribution in [2.45, 2.75) is 18.7 Å². The van der Waals surface area contributed by atoms with Gasteiger partial charge in [-0.05, 0) is 24.6 Å². The number of amides is 1. The van der Waals surface area contributed by atoms with Gasteiger partial charge in [-0.25, -0.2) is 8.42 Å². The molecular weight excluding hydrogens is 292 g/mol. The fourth-order valence-corrected chi connectivity index (χ4v) is 3.64. The smallest absolute Gasteiger partial charge is 0.250 e. The van der Waals surface area contributed by atoms with Crippen molar-refractivity contribution in [3.05, 3.63) is 23.3 Å². The normalized spacial score (nSPS) is 16.0. The molecule has 0 saturated carbocycles. The number of primary amides is 1. The lowest BCUT2D eigenvalue weighted by Gasteiger charge is -2.30. The maximum Gasteiger partial charge on any atom is 0.250 e. The van der Waals surface area contributed by atoms with Crippen LogP contribution in [0.25, 0.3) is 0 Å². The van der Waals surface area contributed by atoms with Crippen molar-refractivity contribution in [1.29, 1.82) is 0 Å². The first kappa shape index (κ1) is 15.8. The summed E-state index contributed by atoms with van der Waals surface area (Å²) >= 11 is 0. The number of anilines is 1. The zero-order valence-corrected chi connectivity index (χ0v) is 13.1. The van der Waals surface area contributed by atoms with Gasteiger partial charge in [-0.1, -0.05) is 6.92 Å². The fraction of sp³-hybridized carbons (Fsp3) is 0.500. The molecule has 0 radical (unpaired) electrons. The first-order chi connectivity index (χ1) is 9.86. The Morgan fingerprint density at radius 3 is 2.48 bits per heavy atom. The summed E-state index contributed by atoms with van der Waals surface area (Å²) in [6, 6.07) is 3.36. The van der Waals surface area contributed by atoms with Crippen LogP contribution < -0.4 is 10.6 Å². The van der Waals surface area contributed by atoms with E-state index in [1.807, 2.05) is 0 Å². The predicted octanol–water partition coefficient (Wildman–Crippen LogP) is 0.724. The van der Waals surface area contributed by atoms with E-state index in [-0.39, 0.29) is 16.2 Å². The highest BCUT2D eigenvalue weighted by molar-refractivity contribution is 7.91. The van der Waals surface area contributed by atoms with E-state index in [0.29, 0.717) is 31.9 Å². The third-order valence-electron chi connectivity index (χ3n) is 3.62. The number of benzene rings is 1. The van der Waals surface area contributed by atoms with E-state index in [4.69, 9.17) is 10.5 Å². The topological polar surface area (TPSA) is 89.7 Å². The van der Waals surface area contributed by atoms with Gasteiger partial charge in [-0.15, -0.1) is 0 Å². The van der Waals surface area contributed by atoms with Crippen molar-refractivity contribution in [3.63, 3.8) is 0 Å². The molecule has 0 spiro atoms. The Morgan fingerprint density at radius 2 is 1.95 bits per heavy atom. The number of ether oxygens (including phenoxy) is 1. The lowest BCUT2D eigenvalue weighted by molar-refractivity contribution is 0.0996. The van der Waals surface area contributed by atoms with Gasteiger partial charge < -0.3 is 15.4 Å². The van der Waals surface area contributed by atoms with Gasteiger partial charge in [0.2, 0.25) is 5.91 Å². The molecule has 1 heterocycles. The van der Waals surface area contributed by atoms with Crippen LogP contribution in [0.5, 0.6) is 0 Å². The van der Waals surface area contributed by atoms with E-state index in [2.05, 4.69) is 4.90 Å². The molecule has 6 nitrogen and oxygen atoms in total. The standard InChI is InChI=1S/C14H20N2O4S/c1-3-21(18,19)12-9-11(16-4-6-20-7-5-16)8-10(2)13(12)14(15)17/h8-9H,3-7H2,1-2H3,(H2,15,17). The number of hydrogen-bond donors (Lipinski definition) is 1. The SMILES string of the molecule is CCS(=O)(=O)c1cc(N2CCOCC2)cc(C)c1C(N)=O. The molecule has 21 heavy (non-hydrogen) atoms. The van der Waals surface area contributed by atoms with Gasteiger partial charge in [0.25, 0.3) is 0 Å². The second kappa shape index (κ2) is 6.03. The summed E-state index contributed by atoms with van der Waals surface area (Å²) in [5, 5.41) is 0. The zero-order chi connectivity index (χ0) is 15.6. The van der Waals surface area contributed by atoms with Crippen LogP contribution in [0.15, 0.2) is 17.0 Å². The highest BCUT2D eigenvalue weighted by Crippen LogP contribution is 2.28. The number of morpholine rings is 1. The van der Waals surface area contributed by atoms with Crippen LogP contribution in [-0.4, -0.2) is 46.4 Å². The molecule has 0 aliphatic carbocycles. The van der Waals surface area contributed by atoms with Gasteiger partial charge >= 0.3 is 0 Å². The third-order valence-corrected chi connectivity index (χ3v) is 5.37. The van der Waals surface area contributed by atoms with Gasteiger partial charge in [0.1, 0.15) is 0 Å². The van der Waals surface area contributed by atoms with E-state index in [1.54, 1.807) is 26.0 Å². The van der Waals surface area contributed by atoms with Crippen LogP contribution in [0.4, 0.5) is 5.69 Å². The molecule has 1 aliphatic heterocycles. The number of nitrogens with two attached hydrogens (primary N) is 1. The molecule has 1 amide bonds. The Hall–Kier alpha value is -1.60. The van der Waals surface area contributed by atoms with E-state index in [1.165, 1.54) is 0 Å². The van der Waals surface area contributed by atoms with Crippen LogP contribution >= 0.6 is 0 Å². The summed E-state index contributed by atoms with van der Waals surface area (Å²) in [6.45, 7) is 5.86. The highest BCUT2D eigenvalue weighted by Gasteiger charge is 2.24. The average molecular weight is 312 g/mol. The quantitative estimate of drug-likeness (QED) is 0.885. The molecule has 0 atom stereocenters. The second-order valence-corrected chi connectivity index (χ2v) is 7.25. The van der Waals surface area contributed by atoms with Gasteiger partial charge in [-0.3, -0.25) is 4.79 Å². The van der Waals surface area contributed by atoms with Crippen molar-refractivity contribution >= 4 is 21.4 Å². The molecule has 0 unspecified atom stereocenters. The molecule has 1 saturated heterocycles. The Morgan fingerprint density at radius 1 is 1.33 bits per heavy atom. The first-order valence-electron chi connectivity index (χ1n) is 6.86. The van der Waals surface area contributed by atoms with Crippen molar-refractivity contribution in [2.24, 2.45) is 5.73 Å². The Kier molecular flexibility index (Phi) is 4.53. The molecule has 116 valence electrons. The zero-order valence-electron chi connectivity index (χ0n) is 12.3. The van der Waals surface area contributed by atoms with E-state index in [9.17, 15) is 13.2 Å². The lowest BCUT2D eigenvalue weighted by Crippen LogP contribution is -2.36. The van der Waals surface area contributed by atoms with Gasteiger partial charge in [0.15, 0.2) is 9.84 Å². The monoisotopic (exact) mass is 312 g/mol. The highest BCUT2D eigenvalue weighted by atomic mass is 32.2. The third kappa shape index (κ3) is 3.19. The summed E-state index contributed by atoms with van der Waals surface area (Å²) in [4.78, 5) is 13.7. The average Bonchev–Trinajstić information content (AvgIpc) is 2.46. The number of sulfone groups is 1. The molecule has 1 fully saturated rings. The van der Waals surface area contributed by atoms with Crippen LogP contribution in [0.3, 0.4) is 0 Å². The minimum Gasteiger partial charge on any atom is -0.378 e. The van der Waals surface area contributed by atoms with Gasteiger partial charge in [-0.2, -0.15) is 0 Å². The van der Waals surface area contributed by atoms with Crippen molar-refractivity contribution in [1.82, 2.24) is 0 Å². The molecule has 0 bridgehead atoms. The molecule has 2 N–H and O–H groups in total. The van der Waals surface area contributed by atoms with E-state index >= 15 is 0 Å². The number of carbonyl (C=O) groups is 1. The van der Waals surface area contributed by atoms with Crippen LogP contribution in [0.1, 0.15) is 22.8 Å². The van der Waals surface area contributed by atoms with Gasteiger partial charge in [0.05, 0.1) is 29.4 Å². The Balaban J connectivity index is 2.59. The minimum absolute atomic E-state index is 0.0268. The first-order valence-corrected chi connectivity index (χ1v) is 8.52. The second-order valence-electron chi connectivity index (χ2n) is 5.00. The maximum atomic E-state index is 12.3. The number of nitrogens with zero attached hydrogens (tertiary/aromatic N) is 1. The van der Waals surface area contributed by atoms with Crippen LogP contribution in [0, 0.1) is 6.92 Å².